The van der Waals surface area contributed by atoms with Crippen molar-refractivity contribution in [2.75, 3.05) is 6.61 Å². The largest absolute Gasteiger partial charge is 0.509 e. The van der Waals surface area contributed by atoms with E-state index in [-0.39, 0.29) is 6.61 Å². The molecule has 0 aliphatic heterocycles. The van der Waals surface area contributed by atoms with Gasteiger partial charge in [-0.25, -0.2) is 4.79 Å². The van der Waals surface area contributed by atoms with Crippen molar-refractivity contribution in [2.45, 2.75) is 64.9 Å². The van der Waals surface area contributed by atoms with Crippen LogP contribution in [0.5, 0.6) is 0 Å². The molecule has 0 aromatic carbocycles. The van der Waals surface area contributed by atoms with Crippen LogP contribution < -0.4 is 0 Å². The number of nitrogens with zero attached hydrogens (tertiary/aromatic N) is 1. The van der Waals surface area contributed by atoms with Crippen LogP contribution in [-0.4, -0.2) is 18.9 Å². The highest BCUT2D eigenvalue weighted by atomic mass is 16.7. The van der Waals surface area contributed by atoms with E-state index in [2.05, 4.69) is 11.7 Å². The van der Waals surface area contributed by atoms with Gasteiger partial charge in [0.2, 0.25) is 0 Å². The molecular weight excluding hydrogens is 218 g/mol. The van der Waals surface area contributed by atoms with Crippen LogP contribution in [0.25, 0.3) is 0 Å². The molecule has 0 saturated heterocycles. The Bertz CT molecular complexity index is 235. The predicted octanol–water partition coefficient (Wildman–Crippen LogP) is 3.80. The summed E-state index contributed by atoms with van der Waals surface area (Å²) in [6.07, 6.45) is 6.11. The first-order chi connectivity index (χ1) is 8.24. The molecule has 0 amide bonds. The molecule has 0 N–H and O–H groups in total. The zero-order valence-electron chi connectivity index (χ0n) is 10.9. The lowest BCUT2D eigenvalue weighted by molar-refractivity contribution is 0.0396. The van der Waals surface area contributed by atoms with Gasteiger partial charge in [0.25, 0.3) is 0 Å². The molecule has 0 saturated carbocycles. The number of ether oxygens (including phenoxy) is 2. The number of hydrogen-bond donors (Lipinski definition) is 0. The molecule has 0 spiro atoms. The third-order valence-corrected chi connectivity index (χ3v) is 2.46. The van der Waals surface area contributed by atoms with Crippen molar-refractivity contribution in [3.63, 3.8) is 0 Å². The Kier molecular flexibility index (Phi) is 10.4. The van der Waals surface area contributed by atoms with E-state index in [4.69, 9.17) is 10.00 Å². The van der Waals surface area contributed by atoms with Crippen molar-refractivity contribution in [2.24, 2.45) is 0 Å². The fourth-order valence-electron chi connectivity index (χ4n) is 1.53. The van der Waals surface area contributed by atoms with Crippen molar-refractivity contribution < 1.29 is 14.3 Å². The molecule has 1 unspecified atom stereocenters. The minimum Gasteiger partial charge on any atom is -0.435 e. The minimum atomic E-state index is -0.745. The fourth-order valence-corrected chi connectivity index (χ4v) is 1.53. The van der Waals surface area contributed by atoms with Crippen molar-refractivity contribution >= 4 is 6.16 Å². The van der Waals surface area contributed by atoms with Gasteiger partial charge in [0.1, 0.15) is 6.07 Å². The van der Waals surface area contributed by atoms with Gasteiger partial charge in [-0.05, 0) is 19.8 Å². The maximum atomic E-state index is 11.0. The van der Waals surface area contributed by atoms with E-state index in [1.54, 1.807) is 6.92 Å². The number of hydrogen-bond acceptors (Lipinski definition) is 4. The second kappa shape index (κ2) is 11.3. The minimum absolute atomic E-state index is 0.272. The van der Waals surface area contributed by atoms with Crippen LogP contribution in [0.2, 0.25) is 0 Å². The first-order valence-corrected chi connectivity index (χ1v) is 6.47. The molecule has 0 rings (SSSR count). The lowest BCUT2D eigenvalue weighted by Gasteiger charge is -2.10. The van der Waals surface area contributed by atoms with Crippen molar-refractivity contribution in [1.82, 2.24) is 0 Å². The summed E-state index contributed by atoms with van der Waals surface area (Å²) in [5, 5.41) is 8.80. The Balaban J connectivity index is 3.55. The zero-order valence-corrected chi connectivity index (χ0v) is 10.9. The summed E-state index contributed by atoms with van der Waals surface area (Å²) in [6.45, 7) is 4.16. The van der Waals surface area contributed by atoms with Gasteiger partial charge < -0.3 is 9.47 Å². The zero-order chi connectivity index (χ0) is 12.9. The smallest absolute Gasteiger partial charge is 0.435 e. The molecule has 0 heterocycles. The van der Waals surface area contributed by atoms with Crippen LogP contribution in [0.4, 0.5) is 4.79 Å². The summed E-state index contributed by atoms with van der Waals surface area (Å²) < 4.78 is 9.47. The molecule has 4 nitrogen and oxygen atoms in total. The molecule has 0 radical (unpaired) electrons. The SMILES string of the molecule is CCCCCCCCC(C#N)OC(=O)OCC. The summed E-state index contributed by atoms with van der Waals surface area (Å²) in [5.74, 6) is 0. The monoisotopic (exact) mass is 241 g/mol. The van der Waals surface area contributed by atoms with Gasteiger partial charge in [-0.15, -0.1) is 0 Å². The molecule has 0 aromatic rings. The van der Waals surface area contributed by atoms with Crippen LogP contribution in [-0.2, 0) is 9.47 Å². The highest BCUT2D eigenvalue weighted by Crippen LogP contribution is 2.10. The van der Waals surface area contributed by atoms with E-state index >= 15 is 0 Å². The van der Waals surface area contributed by atoms with Gasteiger partial charge >= 0.3 is 6.16 Å². The number of unbranched alkanes of at least 4 members (excludes halogenated alkanes) is 5. The molecule has 0 aromatic heterocycles. The van der Waals surface area contributed by atoms with Crippen LogP contribution in [0.1, 0.15) is 58.8 Å². The Hall–Kier alpha value is -1.24. The number of nitriles is 1. The van der Waals surface area contributed by atoms with E-state index in [1.807, 2.05) is 6.07 Å². The van der Waals surface area contributed by atoms with Gasteiger partial charge in [0.15, 0.2) is 6.10 Å². The third-order valence-electron chi connectivity index (χ3n) is 2.46. The Morgan fingerprint density at radius 1 is 1.18 bits per heavy atom. The number of carbonyl (C=O) groups is 1. The number of carbonyl (C=O) groups excluding carboxylic acids is 1. The first kappa shape index (κ1) is 15.8. The summed E-state index contributed by atoms with van der Waals surface area (Å²) in [5.41, 5.74) is 0. The average Bonchev–Trinajstić information content (AvgIpc) is 2.32. The van der Waals surface area contributed by atoms with E-state index < -0.39 is 12.3 Å². The van der Waals surface area contributed by atoms with Gasteiger partial charge in [-0.3, -0.25) is 0 Å². The second-order valence-corrected chi connectivity index (χ2v) is 3.98. The molecule has 0 aliphatic carbocycles. The lowest BCUT2D eigenvalue weighted by atomic mass is 10.1. The predicted molar refractivity (Wildman–Crippen MR) is 65.5 cm³/mol. The lowest BCUT2D eigenvalue weighted by Crippen LogP contribution is -2.17. The second-order valence-electron chi connectivity index (χ2n) is 3.98. The van der Waals surface area contributed by atoms with Crippen molar-refractivity contribution in [3.05, 3.63) is 0 Å². The quantitative estimate of drug-likeness (QED) is 0.455. The van der Waals surface area contributed by atoms with E-state index in [9.17, 15) is 4.79 Å². The van der Waals surface area contributed by atoms with Gasteiger partial charge in [0.05, 0.1) is 6.61 Å². The van der Waals surface area contributed by atoms with Crippen molar-refractivity contribution in [1.29, 1.82) is 5.26 Å². The van der Waals surface area contributed by atoms with Crippen LogP contribution in [0, 0.1) is 11.3 Å². The molecule has 98 valence electrons. The Morgan fingerprint density at radius 3 is 2.41 bits per heavy atom. The first-order valence-electron chi connectivity index (χ1n) is 6.47. The highest BCUT2D eigenvalue weighted by Gasteiger charge is 2.13. The van der Waals surface area contributed by atoms with Crippen molar-refractivity contribution in [3.8, 4) is 6.07 Å². The maximum absolute atomic E-state index is 11.0. The summed E-state index contributed by atoms with van der Waals surface area (Å²) in [4.78, 5) is 11.0. The summed E-state index contributed by atoms with van der Waals surface area (Å²) >= 11 is 0. The Morgan fingerprint density at radius 2 is 1.82 bits per heavy atom. The maximum Gasteiger partial charge on any atom is 0.509 e. The van der Waals surface area contributed by atoms with Gasteiger partial charge in [0, 0.05) is 0 Å². The average molecular weight is 241 g/mol. The molecule has 0 aliphatic rings. The Labute approximate surface area is 104 Å². The van der Waals surface area contributed by atoms with Gasteiger partial charge in [-0.1, -0.05) is 39.0 Å². The normalized spacial score (nSPS) is 11.6. The molecule has 1 atom stereocenters. The standard InChI is InChI=1S/C13H23NO3/c1-3-5-6-7-8-9-10-12(11-14)17-13(15)16-4-2/h12H,3-10H2,1-2H3. The fraction of sp³-hybridized carbons (Fsp3) is 0.846. The topological polar surface area (TPSA) is 59.3 Å². The van der Waals surface area contributed by atoms with Crippen LogP contribution >= 0.6 is 0 Å². The van der Waals surface area contributed by atoms with Crippen LogP contribution in [0.15, 0.2) is 0 Å². The summed E-state index contributed by atoms with van der Waals surface area (Å²) in [6, 6.07) is 1.97. The molecule has 4 heteroatoms. The summed E-state index contributed by atoms with van der Waals surface area (Å²) in [7, 11) is 0. The third kappa shape index (κ3) is 9.68. The van der Waals surface area contributed by atoms with Gasteiger partial charge in [-0.2, -0.15) is 5.26 Å². The van der Waals surface area contributed by atoms with E-state index in [1.165, 1.54) is 25.7 Å². The van der Waals surface area contributed by atoms with Crippen LogP contribution in [0.3, 0.4) is 0 Å². The van der Waals surface area contributed by atoms with E-state index in [0.29, 0.717) is 6.42 Å². The molecule has 17 heavy (non-hydrogen) atoms. The highest BCUT2D eigenvalue weighted by molar-refractivity contribution is 5.60. The molecular formula is C13H23NO3. The molecule has 0 fully saturated rings. The number of rotatable bonds is 9. The molecule has 0 bridgehead atoms. The van der Waals surface area contributed by atoms with E-state index in [0.717, 1.165) is 12.8 Å².